The van der Waals surface area contributed by atoms with E-state index in [1.807, 2.05) is 47.8 Å². The lowest BCUT2D eigenvalue weighted by atomic mass is 10.2. The number of nitrogens with zero attached hydrogens (tertiary/aromatic N) is 2. The number of anilines is 1. The summed E-state index contributed by atoms with van der Waals surface area (Å²) < 4.78 is 5.89. The Hall–Kier alpha value is -2.66. The number of thiazole rings is 1. The molecule has 0 saturated heterocycles. The fourth-order valence-corrected chi connectivity index (χ4v) is 3.10. The Morgan fingerprint density at radius 2 is 1.92 bits per heavy atom. The van der Waals surface area contributed by atoms with Gasteiger partial charge in [-0.25, -0.2) is 4.98 Å². The summed E-state index contributed by atoms with van der Waals surface area (Å²) in [4.78, 5) is 4.56. The van der Waals surface area contributed by atoms with E-state index < -0.39 is 0 Å². The van der Waals surface area contributed by atoms with Gasteiger partial charge in [0.25, 0.3) is 0 Å². The Labute approximate surface area is 151 Å². The van der Waals surface area contributed by atoms with Crippen molar-refractivity contribution in [1.82, 2.24) is 4.98 Å². The third-order valence-corrected chi connectivity index (χ3v) is 4.77. The molecule has 1 fully saturated rings. The molecule has 4 rings (SSSR count). The zero-order valence-electron chi connectivity index (χ0n) is 13.8. The van der Waals surface area contributed by atoms with Crippen molar-refractivity contribution in [1.29, 1.82) is 0 Å². The van der Waals surface area contributed by atoms with E-state index in [-0.39, 0.29) is 0 Å². The molecule has 0 radical (unpaired) electrons. The highest BCUT2D eigenvalue weighted by molar-refractivity contribution is 7.14. The molecule has 2 aromatic carbocycles. The lowest BCUT2D eigenvalue weighted by molar-refractivity contribution is 0.299. The average molecular weight is 349 g/mol. The summed E-state index contributed by atoms with van der Waals surface area (Å²) >= 11 is 1.54. The molecule has 4 nitrogen and oxygen atoms in total. The molecule has 126 valence electrons. The van der Waals surface area contributed by atoms with Crippen LogP contribution in [0.4, 0.5) is 5.13 Å². The van der Waals surface area contributed by atoms with Crippen molar-refractivity contribution < 1.29 is 4.74 Å². The number of ether oxygens (including phenoxy) is 1. The summed E-state index contributed by atoms with van der Waals surface area (Å²) in [5, 5.41) is 7.11. The molecule has 0 amide bonds. The van der Waals surface area contributed by atoms with Gasteiger partial charge in [0.2, 0.25) is 5.13 Å². The van der Waals surface area contributed by atoms with Crippen LogP contribution in [0.3, 0.4) is 0 Å². The van der Waals surface area contributed by atoms with Crippen molar-refractivity contribution in [2.45, 2.75) is 12.8 Å². The molecule has 0 spiro atoms. The lowest BCUT2D eigenvalue weighted by Crippen LogP contribution is -2.01. The first-order chi connectivity index (χ1) is 12.4. The molecular formula is C20H19N3OS. The van der Waals surface area contributed by atoms with Gasteiger partial charge in [-0.3, -0.25) is 5.43 Å². The van der Waals surface area contributed by atoms with Gasteiger partial charge in [0.05, 0.1) is 18.5 Å². The maximum Gasteiger partial charge on any atom is 0.203 e. The Morgan fingerprint density at radius 3 is 2.76 bits per heavy atom. The van der Waals surface area contributed by atoms with E-state index in [0.29, 0.717) is 0 Å². The molecule has 0 aliphatic heterocycles. The van der Waals surface area contributed by atoms with Gasteiger partial charge in [0, 0.05) is 16.5 Å². The Bertz CT molecular complexity index is 856. The largest absolute Gasteiger partial charge is 0.493 e. The van der Waals surface area contributed by atoms with Crippen LogP contribution in [0.1, 0.15) is 18.4 Å². The number of rotatable bonds is 7. The van der Waals surface area contributed by atoms with E-state index in [1.165, 1.54) is 24.2 Å². The number of nitrogens with one attached hydrogen (secondary N) is 1. The van der Waals surface area contributed by atoms with Crippen LogP contribution < -0.4 is 10.2 Å². The second-order valence-electron chi connectivity index (χ2n) is 6.07. The molecule has 5 heteroatoms. The first-order valence-electron chi connectivity index (χ1n) is 8.40. The average Bonchev–Trinajstić information content (AvgIpc) is 3.38. The standard InChI is InChI=1S/C20H19N3OS/c1-2-6-16(7-3-1)18-14-25-20(22-18)23-21-12-17-8-4-5-9-19(17)24-13-15-10-11-15/h1-9,12,14-15H,10-11,13H2,(H,22,23). The molecule has 0 bridgehead atoms. The minimum atomic E-state index is 0.731. The molecule has 0 unspecified atom stereocenters. The van der Waals surface area contributed by atoms with Gasteiger partial charge in [-0.1, -0.05) is 42.5 Å². The van der Waals surface area contributed by atoms with Crippen LogP contribution in [0.25, 0.3) is 11.3 Å². The van der Waals surface area contributed by atoms with Gasteiger partial charge < -0.3 is 4.74 Å². The van der Waals surface area contributed by atoms with E-state index in [2.05, 4.69) is 27.6 Å². The minimum Gasteiger partial charge on any atom is -0.493 e. The van der Waals surface area contributed by atoms with Crippen LogP contribution in [0.15, 0.2) is 65.1 Å². The first-order valence-corrected chi connectivity index (χ1v) is 9.28. The van der Waals surface area contributed by atoms with Crippen molar-refractivity contribution in [3.63, 3.8) is 0 Å². The van der Waals surface area contributed by atoms with Crippen LogP contribution in [0.5, 0.6) is 5.75 Å². The number of aromatic nitrogens is 1. The number of hydrogen-bond acceptors (Lipinski definition) is 5. The maximum atomic E-state index is 5.89. The van der Waals surface area contributed by atoms with Crippen LogP contribution in [0, 0.1) is 5.92 Å². The highest BCUT2D eigenvalue weighted by Crippen LogP contribution is 2.30. The predicted molar refractivity (Wildman–Crippen MR) is 103 cm³/mol. The van der Waals surface area contributed by atoms with Crippen molar-refractivity contribution in [3.8, 4) is 17.0 Å². The normalized spacial score (nSPS) is 13.9. The summed E-state index contributed by atoms with van der Waals surface area (Å²) in [7, 11) is 0. The van der Waals surface area contributed by atoms with Crippen molar-refractivity contribution in [3.05, 3.63) is 65.5 Å². The Balaban J connectivity index is 1.40. The third-order valence-electron chi connectivity index (χ3n) is 4.03. The molecular weight excluding hydrogens is 330 g/mol. The molecule has 1 aromatic heterocycles. The number of hydrazone groups is 1. The Morgan fingerprint density at radius 1 is 1.12 bits per heavy atom. The fourth-order valence-electron chi connectivity index (χ4n) is 2.43. The molecule has 0 atom stereocenters. The highest BCUT2D eigenvalue weighted by Gasteiger charge is 2.22. The monoisotopic (exact) mass is 349 g/mol. The quantitative estimate of drug-likeness (QED) is 0.480. The molecule has 1 aliphatic carbocycles. The van der Waals surface area contributed by atoms with Gasteiger partial charge in [-0.2, -0.15) is 5.10 Å². The fraction of sp³-hybridized carbons (Fsp3) is 0.200. The topological polar surface area (TPSA) is 46.5 Å². The van der Waals surface area contributed by atoms with Crippen molar-refractivity contribution in [2.75, 3.05) is 12.0 Å². The second-order valence-corrected chi connectivity index (χ2v) is 6.92. The van der Waals surface area contributed by atoms with Crippen LogP contribution in [-0.2, 0) is 0 Å². The smallest absolute Gasteiger partial charge is 0.203 e. The Kier molecular flexibility index (Phi) is 4.74. The number of para-hydroxylation sites is 1. The van der Waals surface area contributed by atoms with E-state index in [0.717, 1.165) is 40.2 Å². The number of benzene rings is 2. The molecule has 1 N–H and O–H groups in total. The highest BCUT2D eigenvalue weighted by atomic mass is 32.1. The lowest BCUT2D eigenvalue weighted by Gasteiger charge is -2.07. The SMILES string of the molecule is C(=NNc1nc(-c2ccccc2)cs1)c1ccccc1OCC1CC1. The van der Waals surface area contributed by atoms with Crippen LogP contribution >= 0.6 is 11.3 Å². The summed E-state index contributed by atoms with van der Waals surface area (Å²) in [5.41, 5.74) is 6.04. The zero-order valence-corrected chi connectivity index (χ0v) is 14.6. The van der Waals surface area contributed by atoms with Gasteiger partial charge in [-0.05, 0) is 30.9 Å². The van der Waals surface area contributed by atoms with Crippen LogP contribution in [-0.4, -0.2) is 17.8 Å². The number of hydrogen-bond donors (Lipinski definition) is 1. The van der Waals surface area contributed by atoms with E-state index in [1.54, 1.807) is 6.21 Å². The predicted octanol–water partition coefficient (Wildman–Crippen LogP) is 5.04. The van der Waals surface area contributed by atoms with E-state index >= 15 is 0 Å². The molecule has 1 heterocycles. The van der Waals surface area contributed by atoms with Crippen molar-refractivity contribution >= 4 is 22.7 Å². The molecule has 1 aliphatic rings. The zero-order chi connectivity index (χ0) is 16.9. The second kappa shape index (κ2) is 7.49. The van der Waals surface area contributed by atoms with Gasteiger partial charge >= 0.3 is 0 Å². The molecule has 25 heavy (non-hydrogen) atoms. The summed E-state index contributed by atoms with van der Waals surface area (Å²) in [6.07, 6.45) is 4.35. The summed E-state index contributed by atoms with van der Waals surface area (Å²) in [6.45, 7) is 0.797. The van der Waals surface area contributed by atoms with E-state index in [4.69, 9.17) is 4.74 Å². The maximum absolute atomic E-state index is 5.89. The molecule has 3 aromatic rings. The molecule has 1 saturated carbocycles. The third kappa shape index (κ3) is 4.25. The van der Waals surface area contributed by atoms with E-state index in [9.17, 15) is 0 Å². The van der Waals surface area contributed by atoms with Gasteiger partial charge in [0.1, 0.15) is 5.75 Å². The first kappa shape index (κ1) is 15.8. The van der Waals surface area contributed by atoms with Crippen LogP contribution in [0.2, 0.25) is 0 Å². The minimum absolute atomic E-state index is 0.731. The van der Waals surface area contributed by atoms with Crippen molar-refractivity contribution in [2.24, 2.45) is 11.0 Å². The summed E-state index contributed by atoms with van der Waals surface area (Å²) in [5.74, 6) is 1.61. The van der Waals surface area contributed by atoms with Gasteiger partial charge in [-0.15, -0.1) is 11.3 Å². The van der Waals surface area contributed by atoms with Gasteiger partial charge in [0.15, 0.2) is 0 Å². The summed E-state index contributed by atoms with van der Waals surface area (Å²) in [6, 6.07) is 18.1.